The van der Waals surface area contributed by atoms with Gasteiger partial charge in [0.2, 0.25) is 0 Å². The summed E-state index contributed by atoms with van der Waals surface area (Å²) >= 11 is 0. The molecule has 0 aliphatic heterocycles. The topological polar surface area (TPSA) is 54.2 Å². The summed E-state index contributed by atoms with van der Waals surface area (Å²) in [6.07, 6.45) is 0. The summed E-state index contributed by atoms with van der Waals surface area (Å²) < 4.78 is 4.64. The van der Waals surface area contributed by atoms with Crippen LogP contribution < -0.4 is 5.32 Å². The molecule has 1 aromatic rings. The van der Waals surface area contributed by atoms with Crippen molar-refractivity contribution in [3.8, 4) is 0 Å². The van der Waals surface area contributed by atoms with Crippen LogP contribution in [0.2, 0.25) is 0 Å². The average molecular weight is 226 g/mol. The monoisotopic (exact) mass is 226 g/mol. The lowest BCUT2D eigenvalue weighted by atomic mass is 9.93. The molecular weight excluding hydrogens is 204 g/mol. The van der Waals surface area contributed by atoms with Crippen molar-refractivity contribution < 1.29 is 4.63 Å². The first-order valence-electron chi connectivity index (χ1n) is 5.54. The zero-order valence-electron chi connectivity index (χ0n) is 10.9. The average Bonchev–Trinajstić information content (AvgIpc) is 2.49. The maximum atomic E-state index is 4.64. The van der Waals surface area contributed by atoms with Crippen LogP contribution in [0.25, 0.3) is 0 Å². The minimum absolute atomic E-state index is 0.245. The molecule has 1 heterocycles. The van der Waals surface area contributed by atoms with Gasteiger partial charge >= 0.3 is 0 Å². The standard InChI is InChI=1S/C11H22N4O/c1-9-10(14-16-13-9)6-12-7-11(2,3)8-15(4)5/h12H,6-8H2,1-5H3. The van der Waals surface area contributed by atoms with E-state index in [1.54, 1.807) is 0 Å². The van der Waals surface area contributed by atoms with Gasteiger partial charge in [0.15, 0.2) is 0 Å². The molecule has 0 radical (unpaired) electrons. The molecule has 0 amide bonds. The Balaban J connectivity index is 2.32. The summed E-state index contributed by atoms with van der Waals surface area (Å²) in [5.41, 5.74) is 1.99. The zero-order chi connectivity index (χ0) is 12.2. The molecule has 16 heavy (non-hydrogen) atoms. The zero-order valence-corrected chi connectivity index (χ0v) is 10.9. The second kappa shape index (κ2) is 5.41. The molecule has 0 fully saturated rings. The number of nitrogens with zero attached hydrogens (tertiary/aromatic N) is 3. The molecule has 1 N–H and O–H groups in total. The van der Waals surface area contributed by atoms with Crippen molar-refractivity contribution in [3.63, 3.8) is 0 Å². The van der Waals surface area contributed by atoms with Crippen LogP contribution in [0, 0.1) is 12.3 Å². The van der Waals surface area contributed by atoms with Gasteiger partial charge in [0.05, 0.1) is 0 Å². The first kappa shape index (κ1) is 13.1. The highest BCUT2D eigenvalue weighted by Gasteiger charge is 2.18. The molecule has 1 rings (SSSR count). The molecule has 5 nitrogen and oxygen atoms in total. The third-order valence-electron chi connectivity index (χ3n) is 2.39. The molecule has 0 saturated carbocycles. The molecule has 0 spiro atoms. The lowest BCUT2D eigenvalue weighted by molar-refractivity contribution is 0.231. The summed E-state index contributed by atoms with van der Waals surface area (Å²) in [6.45, 7) is 9.10. The minimum atomic E-state index is 0.245. The number of aromatic nitrogens is 2. The van der Waals surface area contributed by atoms with Crippen LogP contribution in [0.15, 0.2) is 4.63 Å². The van der Waals surface area contributed by atoms with E-state index in [4.69, 9.17) is 0 Å². The van der Waals surface area contributed by atoms with Crippen molar-refractivity contribution in [3.05, 3.63) is 11.4 Å². The Morgan fingerprint density at radius 3 is 2.50 bits per heavy atom. The highest BCUT2D eigenvalue weighted by molar-refractivity contribution is 5.03. The summed E-state index contributed by atoms with van der Waals surface area (Å²) in [5.74, 6) is 0. The normalized spacial score (nSPS) is 12.4. The number of hydrogen-bond acceptors (Lipinski definition) is 5. The lowest BCUT2D eigenvalue weighted by Gasteiger charge is -2.28. The number of aryl methyl sites for hydroxylation is 1. The Morgan fingerprint density at radius 2 is 2.00 bits per heavy atom. The molecule has 0 aromatic carbocycles. The van der Waals surface area contributed by atoms with E-state index in [-0.39, 0.29) is 5.41 Å². The fraction of sp³-hybridized carbons (Fsp3) is 0.818. The first-order valence-corrected chi connectivity index (χ1v) is 5.54. The van der Waals surface area contributed by atoms with Gasteiger partial charge in [-0.3, -0.25) is 0 Å². The molecule has 92 valence electrons. The molecule has 0 aliphatic carbocycles. The van der Waals surface area contributed by atoms with Crippen LogP contribution >= 0.6 is 0 Å². The Kier molecular flexibility index (Phi) is 4.44. The molecule has 1 aromatic heterocycles. The Bertz CT molecular complexity index is 320. The van der Waals surface area contributed by atoms with Crippen LogP contribution in [0.1, 0.15) is 25.2 Å². The van der Waals surface area contributed by atoms with Crippen LogP contribution in [-0.4, -0.2) is 42.4 Å². The second-order valence-electron chi connectivity index (χ2n) is 5.30. The summed E-state index contributed by atoms with van der Waals surface area (Å²) in [6, 6.07) is 0. The first-order chi connectivity index (χ1) is 7.41. The van der Waals surface area contributed by atoms with Gasteiger partial charge in [-0.15, -0.1) is 0 Å². The molecule has 0 aliphatic rings. The number of rotatable bonds is 6. The summed E-state index contributed by atoms with van der Waals surface area (Å²) in [7, 11) is 4.18. The van der Waals surface area contributed by atoms with Gasteiger partial charge in [0, 0.05) is 19.6 Å². The largest absolute Gasteiger partial charge is 0.310 e. The van der Waals surface area contributed by atoms with E-state index < -0.39 is 0 Å². The van der Waals surface area contributed by atoms with Gasteiger partial charge in [0.25, 0.3) is 0 Å². The van der Waals surface area contributed by atoms with E-state index in [2.05, 4.69) is 53.1 Å². The molecule has 0 unspecified atom stereocenters. The smallest absolute Gasteiger partial charge is 0.121 e. The number of hydrogen-bond donors (Lipinski definition) is 1. The van der Waals surface area contributed by atoms with Crippen molar-refractivity contribution in [1.29, 1.82) is 0 Å². The van der Waals surface area contributed by atoms with Gasteiger partial charge < -0.3 is 10.2 Å². The third-order valence-corrected chi connectivity index (χ3v) is 2.39. The van der Waals surface area contributed by atoms with Crippen LogP contribution in [0.5, 0.6) is 0 Å². The molecule has 0 saturated heterocycles. The quantitative estimate of drug-likeness (QED) is 0.786. The Hall–Kier alpha value is -0.940. The second-order valence-corrected chi connectivity index (χ2v) is 5.30. The summed E-state index contributed by atoms with van der Waals surface area (Å²) in [4.78, 5) is 2.20. The molecule has 0 atom stereocenters. The van der Waals surface area contributed by atoms with E-state index in [0.29, 0.717) is 6.54 Å². The fourth-order valence-corrected chi connectivity index (χ4v) is 1.84. The molecule has 0 bridgehead atoms. The van der Waals surface area contributed by atoms with Crippen LogP contribution in [0.4, 0.5) is 0 Å². The van der Waals surface area contributed by atoms with Crippen LogP contribution in [-0.2, 0) is 6.54 Å². The van der Waals surface area contributed by atoms with Crippen LogP contribution in [0.3, 0.4) is 0 Å². The van der Waals surface area contributed by atoms with Crippen molar-refractivity contribution in [2.45, 2.75) is 27.3 Å². The van der Waals surface area contributed by atoms with E-state index in [9.17, 15) is 0 Å². The van der Waals surface area contributed by atoms with Gasteiger partial charge in [-0.25, -0.2) is 4.63 Å². The van der Waals surface area contributed by atoms with E-state index in [1.807, 2.05) is 6.92 Å². The molecule has 5 heteroatoms. The van der Waals surface area contributed by atoms with Gasteiger partial charge in [-0.2, -0.15) is 0 Å². The Morgan fingerprint density at radius 1 is 1.31 bits per heavy atom. The lowest BCUT2D eigenvalue weighted by Crippen LogP contribution is -2.37. The van der Waals surface area contributed by atoms with Gasteiger partial charge in [-0.05, 0) is 26.4 Å². The van der Waals surface area contributed by atoms with Crippen molar-refractivity contribution in [1.82, 2.24) is 20.5 Å². The third kappa shape index (κ3) is 4.28. The fourth-order valence-electron chi connectivity index (χ4n) is 1.84. The summed E-state index contributed by atoms with van der Waals surface area (Å²) in [5, 5.41) is 11.0. The van der Waals surface area contributed by atoms with Crippen molar-refractivity contribution in [2.24, 2.45) is 5.41 Å². The highest BCUT2D eigenvalue weighted by atomic mass is 16.6. The van der Waals surface area contributed by atoms with Crippen molar-refractivity contribution >= 4 is 0 Å². The highest BCUT2D eigenvalue weighted by Crippen LogP contribution is 2.14. The van der Waals surface area contributed by atoms with E-state index >= 15 is 0 Å². The van der Waals surface area contributed by atoms with Crippen molar-refractivity contribution in [2.75, 3.05) is 27.2 Å². The predicted octanol–water partition coefficient (Wildman–Crippen LogP) is 1.06. The van der Waals surface area contributed by atoms with Gasteiger partial charge in [0.1, 0.15) is 11.4 Å². The molecular formula is C11H22N4O. The van der Waals surface area contributed by atoms with Gasteiger partial charge in [-0.1, -0.05) is 24.2 Å². The van der Waals surface area contributed by atoms with E-state index in [1.165, 1.54) is 0 Å². The Labute approximate surface area is 97.2 Å². The minimum Gasteiger partial charge on any atom is -0.310 e. The number of nitrogens with one attached hydrogen (secondary N) is 1. The SMILES string of the molecule is Cc1nonc1CNCC(C)(C)CN(C)C. The maximum Gasteiger partial charge on any atom is 0.121 e. The van der Waals surface area contributed by atoms with E-state index in [0.717, 1.165) is 24.5 Å². The maximum absolute atomic E-state index is 4.64. The predicted molar refractivity (Wildman–Crippen MR) is 63.1 cm³/mol.